The van der Waals surface area contributed by atoms with Crippen molar-refractivity contribution in [2.45, 2.75) is 25.8 Å². The molecule has 0 saturated heterocycles. The van der Waals surface area contributed by atoms with Crippen molar-refractivity contribution in [3.8, 4) is 0 Å². The quantitative estimate of drug-likeness (QED) is 0.536. The van der Waals surface area contributed by atoms with Crippen LogP contribution in [0.2, 0.25) is 0 Å². The van der Waals surface area contributed by atoms with Crippen LogP contribution in [0.15, 0.2) is 0 Å². The van der Waals surface area contributed by atoms with Crippen LogP contribution in [0, 0.1) is 0 Å². The Morgan fingerprint density at radius 2 is 2.17 bits per heavy atom. The van der Waals surface area contributed by atoms with Gasteiger partial charge in [-0.05, 0) is 6.42 Å². The Bertz CT molecular complexity index is 200. The molecule has 1 unspecified atom stereocenters. The molecule has 72 valence electrons. The van der Waals surface area contributed by atoms with Crippen LogP contribution in [-0.2, 0) is 13.9 Å². The van der Waals surface area contributed by atoms with E-state index in [0.29, 0.717) is 12.8 Å². The zero-order chi connectivity index (χ0) is 9.78. The molecule has 0 heterocycles. The third-order valence-electron chi connectivity index (χ3n) is 1.11. The summed E-state index contributed by atoms with van der Waals surface area (Å²) < 4.78 is 13.9. The summed E-state index contributed by atoms with van der Waals surface area (Å²) in [6.45, 7) is 1.80. The van der Waals surface area contributed by atoms with Crippen LogP contribution in [0.3, 0.4) is 0 Å². The fourth-order valence-electron chi connectivity index (χ4n) is 0.614. The number of phosphoric acid groups is 1. The van der Waals surface area contributed by atoms with Gasteiger partial charge < -0.3 is 10.3 Å². The number of rotatable bonds is 4. The maximum absolute atomic E-state index is 10.7. The Balaban J connectivity index is 3.96. The van der Waals surface area contributed by atoms with Gasteiger partial charge in [-0.15, -0.1) is 0 Å². The number of nitrogens with two attached hydrogens (primary N) is 1. The van der Waals surface area contributed by atoms with Crippen molar-refractivity contribution in [2.24, 2.45) is 5.73 Å². The van der Waals surface area contributed by atoms with Crippen LogP contribution in [-0.4, -0.2) is 21.8 Å². The lowest BCUT2D eigenvalue weighted by molar-refractivity contribution is -0.137. The highest BCUT2D eigenvalue weighted by atomic mass is 31.2. The third-order valence-corrected chi connectivity index (χ3v) is 1.53. The van der Waals surface area contributed by atoms with Gasteiger partial charge >= 0.3 is 13.8 Å². The van der Waals surface area contributed by atoms with Gasteiger partial charge in [-0.25, -0.2) is 9.36 Å². The lowest BCUT2D eigenvalue weighted by Crippen LogP contribution is -2.31. The predicted molar refractivity (Wildman–Crippen MR) is 41.0 cm³/mol. The van der Waals surface area contributed by atoms with E-state index < -0.39 is 19.8 Å². The molecule has 0 aromatic carbocycles. The fourth-order valence-corrected chi connectivity index (χ4v) is 0.984. The van der Waals surface area contributed by atoms with Crippen molar-refractivity contribution in [3.63, 3.8) is 0 Å². The van der Waals surface area contributed by atoms with E-state index in [4.69, 9.17) is 15.5 Å². The van der Waals surface area contributed by atoms with E-state index in [-0.39, 0.29) is 0 Å². The highest BCUT2D eigenvalue weighted by Crippen LogP contribution is 2.36. The highest BCUT2D eigenvalue weighted by molar-refractivity contribution is 7.46. The van der Waals surface area contributed by atoms with Gasteiger partial charge in [0.1, 0.15) is 6.04 Å². The topological polar surface area (TPSA) is 110 Å². The Morgan fingerprint density at radius 3 is 2.50 bits per heavy atom. The summed E-state index contributed by atoms with van der Waals surface area (Å²) in [5.74, 6) is -1.06. The molecule has 0 amide bonds. The summed E-state index contributed by atoms with van der Waals surface area (Å²) in [4.78, 5) is 27.1. The maximum Gasteiger partial charge on any atom is 0.527 e. The van der Waals surface area contributed by atoms with Gasteiger partial charge in [0.05, 0.1) is 0 Å². The lowest BCUT2D eigenvalue weighted by Gasteiger charge is -2.09. The van der Waals surface area contributed by atoms with Crippen LogP contribution in [0.5, 0.6) is 0 Å². The first-order valence-electron chi connectivity index (χ1n) is 3.41. The predicted octanol–water partition coefficient (Wildman–Crippen LogP) is -0.250. The normalized spacial score (nSPS) is 14.0. The summed E-state index contributed by atoms with van der Waals surface area (Å²) in [6, 6.07) is -0.956. The Hall–Kier alpha value is -0.420. The molecule has 0 spiro atoms. The van der Waals surface area contributed by atoms with Crippen molar-refractivity contribution < 1.29 is 23.7 Å². The number of hydrogen-bond donors (Lipinski definition) is 3. The van der Waals surface area contributed by atoms with E-state index in [0.717, 1.165) is 0 Å². The minimum Gasteiger partial charge on any atom is -0.369 e. The molecule has 0 fully saturated rings. The molecule has 0 aliphatic heterocycles. The monoisotopic (exact) mass is 197 g/mol. The second-order valence-electron chi connectivity index (χ2n) is 2.30. The minimum atomic E-state index is -4.73. The zero-order valence-corrected chi connectivity index (χ0v) is 7.53. The molecule has 0 aromatic rings. The molecule has 0 bridgehead atoms. The van der Waals surface area contributed by atoms with Crippen molar-refractivity contribution in [2.75, 3.05) is 0 Å². The summed E-state index contributed by atoms with van der Waals surface area (Å²) in [5, 5.41) is 0. The summed E-state index contributed by atoms with van der Waals surface area (Å²) >= 11 is 0. The van der Waals surface area contributed by atoms with Gasteiger partial charge in [0, 0.05) is 0 Å². The van der Waals surface area contributed by atoms with E-state index >= 15 is 0 Å². The average molecular weight is 197 g/mol. The van der Waals surface area contributed by atoms with Gasteiger partial charge in [0.2, 0.25) is 0 Å². The molecule has 0 saturated carbocycles. The SMILES string of the molecule is CCCC(N)C(=O)OP(=O)(O)O. The van der Waals surface area contributed by atoms with E-state index in [2.05, 4.69) is 4.52 Å². The number of carbonyl (C=O) groups excluding carboxylic acids is 1. The molecule has 0 radical (unpaired) electrons. The average Bonchev–Trinajstić information content (AvgIpc) is 1.84. The lowest BCUT2D eigenvalue weighted by atomic mass is 10.2. The van der Waals surface area contributed by atoms with Crippen LogP contribution in [0.4, 0.5) is 0 Å². The van der Waals surface area contributed by atoms with E-state index in [1.54, 1.807) is 6.92 Å². The highest BCUT2D eigenvalue weighted by Gasteiger charge is 2.24. The molecule has 4 N–H and O–H groups in total. The Labute approximate surface area is 70.0 Å². The molecule has 6 nitrogen and oxygen atoms in total. The van der Waals surface area contributed by atoms with E-state index in [1.807, 2.05) is 0 Å². The third kappa shape index (κ3) is 5.26. The Kier molecular flexibility index (Phi) is 4.41. The molecular formula is C5H12NO5P. The smallest absolute Gasteiger partial charge is 0.369 e. The van der Waals surface area contributed by atoms with Crippen LogP contribution >= 0.6 is 7.82 Å². The number of carbonyl (C=O) groups is 1. The van der Waals surface area contributed by atoms with Gasteiger partial charge in [-0.3, -0.25) is 9.79 Å². The van der Waals surface area contributed by atoms with Gasteiger partial charge in [-0.2, -0.15) is 0 Å². The first kappa shape index (κ1) is 11.6. The van der Waals surface area contributed by atoms with Gasteiger partial charge in [0.15, 0.2) is 0 Å². The van der Waals surface area contributed by atoms with Crippen molar-refractivity contribution >= 4 is 13.8 Å². The number of hydrogen-bond acceptors (Lipinski definition) is 4. The maximum atomic E-state index is 10.7. The molecule has 0 aromatic heterocycles. The standard InChI is InChI=1S/C5H12NO5P/c1-2-3-4(6)5(7)11-12(8,9)10/h4H,2-3,6H2,1H3,(H2,8,9,10). The zero-order valence-electron chi connectivity index (χ0n) is 6.64. The van der Waals surface area contributed by atoms with E-state index in [1.165, 1.54) is 0 Å². The molecule has 0 rings (SSSR count). The van der Waals surface area contributed by atoms with E-state index in [9.17, 15) is 9.36 Å². The minimum absolute atomic E-state index is 0.346. The van der Waals surface area contributed by atoms with Gasteiger partial charge in [-0.1, -0.05) is 13.3 Å². The summed E-state index contributed by atoms with van der Waals surface area (Å²) in [7, 11) is -4.73. The summed E-state index contributed by atoms with van der Waals surface area (Å²) in [6.07, 6.45) is 0.996. The molecule has 0 aliphatic rings. The second kappa shape index (κ2) is 4.57. The fraction of sp³-hybridized carbons (Fsp3) is 0.800. The van der Waals surface area contributed by atoms with Crippen molar-refractivity contribution in [1.82, 2.24) is 0 Å². The Morgan fingerprint density at radius 1 is 1.67 bits per heavy atom. The van der Waals surface area contributed by atoms with Crippen LogP contribution in [0.25, 0.3) is 0 Å². The van der Waals surface area contributed by atoms with Crippen molar-refractivity contribution in [3.05, 3.63) is 0 Å². The van der Waals surface area contributed by atoms with Gasteiger partial charge in [0.25, 0.3) is 0 Å². The number of phosphoric ester groups is 1. The van der Waals surface area contributed by atoms with Crippen molar-refractivity contribution in [1.29, 1.82) is 0 Å². The molecular weight excluding hydrogens is 185 g/mol. The first-order valence-corrected chi connectivity index (χ1v) is 4.94. The largest absolute Gasteiger partial charge is 0.527 e. The second-order valence-corrected chi connectivity index (χ2v) is 3.46. The van der Waals surface area contributed by atoms with Crippen LogP contribution in [0.1, 0.15) is 19.8 Å². The first-order chi connectivity index (χ1) is 5.37. The van der Waals surface area contributed by atoms with Crippen LogP contribution < -0.4 is 5.73 Å². The summed E-state index contributed by atoms with van der Waals surface area (Å²) in [5.41, 5.74) is 5.22. The molecule has 12 heavy (non-hydrogen) atoms. The molecule has 1 atom stereocenters. The molecule has 0 aliphatic carbocycles. The molecule has 7 heteroatoms.